The van der Waals surface area contributed by atoms with Gasteiger partial charge in [-0.15, -0.1) is 0 Å². The Labute approximate surface area is 227 Å². The molecule has 1 aromatic rings. The number of ketones is 3. The molecule has 5 aliphatic rings. The molecule has 0 aromatic heterocycles. The number of rotatable bonds is 4. The highest BCUT2D eigenvalue weighted by Gasteiger charge is 2.68. The van der Waals surface area contributed by atoms with E-state index in [9.17, 15) is 19.5 Å². The maximum Gasteiger partial charge on any atom is 0.175 e. The average Bonchev–Trinajstić information content (AvgIpc) is 3.46. The van der Waals surface area contributed by atoms with Gasteiger partial charge in [0.05, 0.1) is 11.8 Å². The zero-order chi connectivity index (χ0) is 26.0. The van der Waals surface area contributed by atoms with Crippen LogP contribution in [-0.2, 0) is 14.4 Å². The number of allylic oxidation sites excluding steroid dienone is 1. The number of thioether (sulfide) groups is 2. The van der Waals surface area contributed by atoms with E-state index >= 15 is 0 Å². The molecule has 1 aromatic carbocycles. The topological polar surface area (TPSA) is 83.8 Å². The average molecular weight is 538 g/mol. The van der Waals surface area contributed by atoms with Crippen molar-refractivity contribution in [2.75, 3.05) is 11.5 Å². The summed E-state index contributed by atoms with van der Waals surface area (Å²) in [5.74, 6) is 1.44. The van der Waals surface area contributed by atoms with Gasteiger partial charge in [0.2, 0.25) is 0 Å². The number of carbonyl (C=O) groups is 3. The third-order valence-electron chi connectivity index (χ3n) is 10.4. The molecule has 6 unspecified atom stereocenters. The number of aliphatic hydroxyl groups is 1. The minimum atomic E-state index is -1.48. The van der Waals surface area contributed by atoms with Crippen molar-refractivity contribution >= 4 is 45.2 Å². The number of fused-ring (bicyclic) bond motifs is 5. The lowest BCUT2D eigenvalue weighted by Crippen LogP contribution is -2.60. The van der Waals surface area contributed by atoms with E-state index < -0.39 is 11.0 Å². The molecule has 1 heterocycles. The highest BCUT2D eigenvalue weighted by Crippen LogP contribution is 2.66. The first-order chi connectivity index (χ1) is 17.7. The van der Waals surface area contributed by atoms with Crippen molar-refractivity contribution in [3.63, 3.8) is 0 Å². The Balaban J connectivity index is 1.19. The molecule has 0 radical (unpaired) electrons. The van der Waals surface area contributed by atoms with Crippen molar-refractivity contribution in [3.05, 3.63) is 47.5 Å². The van der Waals surface area contributed by atoms with Gasteiger partial charge in [0.25, 0.3) is 0 Å². The molecular formula is C30H35NO4S2. The van der Waals surface area contributed by atoms with E-state index in [1.165, 1.54) is 17.3 Å². The van der Waals surface area contributed by atoms with E-state index in [0.717, 1.165) is 41.4 Å². The van der Waals surface area contributed by atoms with Crippen LogP contribution in [0.5, 0.6) is 0 Å². The molecule has 3 fully saturated rings. The van der Waals surface area contributed by atoms with Gasteiger partial charge in [-0.05, 0) is 61.0 Å². The number of hydrogen-bond donors (Lipinski definition) is 1. The largest absolute Gasteiger partial charge is 0.381 e. The van der Waals surface area contributed by atoms with Crippen LogP contribution >= 0.6 is 23.5 Å². The standard InChI is InChI=1S/C30H35NO4S2/c1-28-12-10-20(32)14-19(28)8-9-21-22-11-13-30(35,29(22,2)15-24(33)26(21)28)25(34)17-37-27-31-23(16-36-27)18-6-4-3-5-7-18/h3-7,14,21-23,26,35H,8-13,15-17H2,1-2H3/t21?,22?,23?,26?,28?,29?,30-/m0/s1. The first-order valence-electron chi connectivity index (χ1n) is 13.6. The summed E-state index contributed by atoms with van der Waals surface area (Å²) in [6.45, 7) is 4.17. The zero-order valence-electron chi connectivity index (χ0n) is 21.6. The molecule has 0 saturated heterocycles. The van der Waals surface area contributed by atoms with Crippen LogP contribution in [-0.4, -0.2) is 43.9 Å². The molecule has 0 spiro atoms. The van der Waals surface area contributed by atoms with Gasteiger partial charge in [0.15, 0.2) is 11.6 Å². The zero-order valence-corrected chi connectivity index (χ0v) is 23.2. The molecule has 6 rings (SSSR count). The Morgan fingerprint density at radius 1 is 1.14 bits per heavy atom. The normalized spacial score (nSPS) is 40.9. The first-order valence-corrected chi connectivity index (χ1v) is 15.5. The van der Waals surface area contributed by atoms with Crippen molar-refractivity contribution in [1.82, 2.24) is 0 Å². The third kappa shape index (κ3) is 3.94. The number of nitrogens with zero attached hydrogens (tertiary/aromatic N) is 1. The second kappa shape index (κ2) is 9.20. The number of carbonyl (C=O) groups excluding carboxylic acids is 3. The maximum absolute atomic E-state index is 13.8. The summed E-state index contributed by atoms with van der Waals surface area (Å²) in [5.41, 5.74) is -0.150. The molecule has 1 N–H and O–H groups in total. The second-order valence-corrected chi connectivity index (χ2v) is 14.4. The van der Waals surface area contributed by atoms with Crippen LogP contribution in [0, 0.1) is 28.6 Å². The summed E-state index contributed by atoms with van der Waals surface area (Å²) in [5, 5.41) is 11.9. The van der Waals surface area contributed by atoms with Gasteiger partial charge in [-0.3, -0.25) is 19.4 Å². The number of hydrogen-bond acceptors (Lipinski definition) is 7. The minimum Gasteiger partial charge on any atom is -0.381 e. The van der Waals surface area contributed by atoms with Gasteiger partial charge in [-0.25, -0.2) is 0 Å². The van der Waals surface area contributed by atoms with Crippen LogP contribution in [0.15, 0.2) is 47.0 Å². The predicted octanol–water partition coefficient (Wildman–Crippen LogP) is 5.57. The Bertz CT molecular complexity index is 1210. The summed E-state index contributed by atoms with van der Waals surface area (Å²) in [6, 6.07) is 10.3. The van der Waals surface area contributed by atoms with Crippen molar-refractivity contribution in [2.24, 2.45) is 33.6 Å². The van der Waals surface area contributed by atoms with Crippen molar-refractivity contribution < 1.29 is 19.5 Å². The fourth-order valence-electron chi connectivity index (χ4n) is 8.37. The molecule has 0 amide bonds. The molecule has 37 heavy (non-hydrogen) atoms. The van der Waals surface area contributed by atoms with Crippen LogP contribution < -0.4 is 0 Å². The predicted molar refractivity (Wildman–Crippen MR) is 149 cm³/mol. The van der Waals surface area contributed by atoms with Gasteiger partial charge in [0, 0.05) is 29.9 Å². The molecule has 196 valence electrons. The fraction of sp³-hybridized carbons (Fsp3) is 0.600. The Morgan fingerprint density at radius 3 is 2.70 bits per heavy atom. The van der Waals surface area contributed by atoms with Gasteiger partial charge >= 0.3 is 0 Å². The van der Waals surface area contributed by atoms with Crippen molar-refractivity contribution in [1.29, 1.82) is 0 Å². The van der Waals surface area contributed by atoms with Crippen LogP contribution in [0.1, 0.15) is 70.4 Å². The van der Waals surface area contributed by atoms with Crippen LogP contribution in [0.4, 0.5) is 0 Å². The second-order valence-electron chi connectivity index (χ2n) is 12.1. The Hall–Kier alpha value is -1.70. The highest BCUT2D eigenvalue weighted by molar-refractivity contribution is 8.39. The first kappa shape index (κ1) is 25.6. The van der Waals surface area contributed by atoms with Gasteiger partial charge in [0.1, 0.15) is 15.8 Å². The van der Waals surface area contributed by atoms with Gasteiger partial charge < -0.3 is 5.11 Å². The molecule has 5 nitrogen and oxygen atoms in total. The molecule has 3 saturated carbocycles. The van der Waals surface area contributed by atoms with E-state index in [-0.39, 0.29) is 58.7 Å². The summed E-state index contributed by atoms with van der Waals surface area (Å²) in [7, 11) is 0. The highest BCUT2D eigenvalue weighted by atomic mass is 32.2. The molecule has 7 heteroatoms. The molecule has 0 bridgehead atoms. The van der Waals surface area contributed by atoms with E-state index in [1.807, 2.05) is 25.1 Å². The van der Waals surface area contributed by atoms with Gasteiger partial charge in [-0.1, -0.05) is 73.3 Å². The monoisotopic (exact) mass is 537 g/mol. The molecular weight excluding hydrogens is 502 g/mol. The lowest BCUT2D eigenvalue weighted by molar-refractivity contribution is -0.167. The maximum atomic E-state index is 13.8. The summed E-state index contributed by atoms with van der Waals surface area (Å²) >= 11 is 3.10. The van der Waals surface area contributed by atoms with Crippen LogP contribution in [0.3, 0.4) is 0 Å². The number of benzene rings is 1. The van der Waals surface area contributed by atoms with E-state index in [0.29, 0.717) is 12.8 Å². The van der Waals surface area contributed by atoms with Crippen molar-refractivity contribution in [2.45, 2.75) is 70.4 Å². The van der Waals surface area contributed by atoms with Crippen LogP contribution in [0.25, 0.3) is 0 Å². The van der Waals surface area contributed by atoms with E-state index in [2.05, 4.69) is 19.1 Å². The van der Waals surface area contributed by atoms with Crippen LogP contribution in [0.2, 0.25) is 0 Å². The lowest BCUT2D eigenvalue weighted by atomic mass is 9.46. The van der Waals surface area contributed by atoms with Crippen molar-refractivity contribution in [3.8, 4) is 0 Å². The van der Waals surface area contributed by atoms with E-state index in [1.54, 1.807) is 17.8 Å². The molecule has 1 aliphatic heterocycles. The number of aliphatic imine (C=N–C) groups is 1. The quantitative estimate of drug-likeness (QED) is 0.540. The summed E-state index contributed by atoms with van der Waals surface area (Å²) in [4.78, 5) is 44.4. The molecule has 4 aliphatic carbocycles. The fourth-order valence-corrected chi connectivity index (χ4v) is 10.5. The number of Topliss-reactive ketones (excluding diaryl/α,β-unsaturated/α-hetero) is 2. The Morgan fingerprint density at radius 2 is 1.92 bits per heavy atom. The molecule has 7 atom stereocenters. The van der Waals surface area contributed by atoms with E-state index in [4.69, 9.17) is 4.99 Å². The summed E-state index contributed by atoms with van der Waals surface area (Å²) < 4.78 is 0.900. The smallest absolute Gasteiger partial charge is 0.175 e. The SMILES string of the molecule is CC12CCC(=O)C=C1CCC1C2C(=O)CC2(C)C1CC[C@]2(O)C(=O)CSC1=NC(c2ccccc2)CS1. The third-order valence-corrected chi connectivity index (χ3v) is 12.7. The Kier molecular flexibility index (Phi) is 6.36. The lowest BCUT2D eigenvalue weighted by Gasteiger charge is -2.57. The minimum absolute atomic E-state index is 0.106. The summed E-state index contributed by atoms with van der Waals surface area (Å²) in [6.07, 6.45) is 6.19. The van der Waals surface area contributed by atoms with Gasteiger partial charge in [-0.2, -0.15) is 0 Å².